The summed E-state index contributed by atoms with van der Waals surface area (Å²) in [5.74, 6) is 0.135. The van der Waals surface area contributed by atoms with Crippen LogP contribution in [0.15, 0.2) is 36.4 Å². The number of ketones is 1. The van der Waals surface area contributed by atoms with Crippen LogP contribution in [0.1, 0.15) is 32.3 Å². The summed E-state index contributed by atoms with van der Waals surface area (Å²) < 4.78 is 0. The Labute approximate surface area is 123 Å². The number of rotatable bonds is 2. The van der Waals surface area contributed by atoms with E-state index in [2.05, 4.69) is 20.4 Å². The minimum atomic E-state index is -0.0438. The van der Waals surface area contributed by atoms with E-state index in [-0.39, 0.29) is 11.2 Å². The van der Waals surface area contributed by atoms with Crippen LogP contribution in [-0.4, -0.2) is 5.78 Å². The van der Waals surface area contributed by atoms with E-state index in [4.69, 9.17) is 23.2 Å². The number of halogens is 2. The topological polar surface area (TPSA) is 17.1 Å². The fourth-order valence-electron chi connectivity index (χ4n) is 2.49. The Morgan fingerprint density at radius 3 is 2.32 bits per heavy atom. The van der Waals surface area contributed by atoms with Gasteiger partial charge >= 0.3 is 0 Å². The molecule has 2 rings (SSSR count). The summed E-state index contributed by atoms with van der Waals surface area (Å²) in [4.78, 5) is 11.8. The highest BCUT2D eigenvalue weighted by molar-refractivity contribution is 6.37. The van der Waals surface area contributed by atoms with Gasteiger partial charge in [0.05, 0.1) is 0 Å². The van der Waals surface area contributed by atoms with Gasteiger partial charge in [-0.2, -0.15) is 0 Å². The molecule has 0 saturated carbocycles. The minimum absolute atomic E-state index is 0.0438. The fourth-order valence-corrected chi connectivity index (χ4v) is 3.11. The number of benzene rings is 1. The van der Waals surface area contributed by atoms with E-state index in [0.29, 0.717) is 16.5 Å². The van der Waals surface area contributed by atoms with Crippen molar-refractivity contribution in [2.24, 2.45) is 5.41 Å². The van der Waals surface area contributed by atoms with Crippen molar-refractivity contribution < 1.29 is 4.79 Å². The fraction of sp³-hybridized carbons (Fsp3) is 0.312. The summed E-state index contributed by atoms with van der Waals surface area (Å²) in [7, 11) is 0. The number of allylic oxidation sites excluding steroid dienone is 3. The molecule has 0 aliphatic heterocycles. The molecule has 19 heavy (non-hydrogen) atoms. The molecule has 0 fully saturated rings. The molecule has 3 heteroatoms. The predicted octanol–water partition coefficient (Wildman–Crippen LogP) is 5.32. The van der Waals surface area contributed by atoms with Gasteiger partial charge in [0, 0.05) is 22.0 Å². The monoisotopic (exact) mass is 294 g/mol. The van der Waals surface area contributed by atoms with Crippen molar-refractivity contribution in [1.82, 2.24) is 0 Å². The molecule has 100 valence electrons. The Kier molecular flexibility index (Phi) is 3.89. The molecule has 0 bridgehead atoms. The smallest absolute Gasteiger partial charge is 0.156 e. The third-order valence-electron chi connectivity index (χ3n) is 3.31. The van der Waals surface area contributed by atoms with Crippen molar-refractivity contribution >= 4 is 34.6 Å². The molecule has 0 radical (unpaired) electrons. The Morgan fingerprint density at radius 1 is 1.21 bits per heavy atom. The highest BCUT2D eigenvalue weighted by Crippen LogP contribution is 2.42. The quantitative estimate of drug-likeness (QED) is 0.721. The lowest BCUT2D eigenvalue weighted by atomic mass is 9.74. The van der Waals surface area contributed by atoms with Gasteiger partial charge in [0.2, 0.25) is 0 Å². The van der Waals surface area contributed by atoms with E-state index in [9.17, 15) is 4.79 Å². The van der Waals surface area contributed by atoms with Crippen molar-refractivity contribution in [1.29, 1.82) is 0 Å². The molecule has 0 heterocycles. The van der Waals surface area contributed by atoms with Crippen LogP contribution in [0, 0.1) is 5.41 Å². The molecule has 0 N–H and O–H groups in total. The second kappa shape index (κ2) is 5.15. The van der Waals surface area contributed by atoms with E-state index >= 15 is 0 Å². The zero-order chi connectivity index (χ0) is 14.2. The second-order valence-electron chi connectivity index (χ2n) is 5.73. The molecule has 1 aliphatic rings. The summed E-state index contributed by atoms with van der Waals surface area (Å²) >= 11 is 12.4. The summed E-state index contributed by atoms with van der Waals surface area (Å²) in [5.41, 5.74) is 2.35. The molecule has 0 atom stereocenters. The molecule has 1 aliphatic carbocycles. The van der Waals surface area contributed by atoms with E-state index in [1.807, 2.05) is 0 Å². The first-order valence-electron chi connectivity index (χ1n) is 6.17. The first kappa shape index (κ1) is 14.4. The van der Waals surface area contributed by atoms with Gasteiger partial charge in [-0.1, -0.05) is 49.7 Å². The maximum absolute atomic E-state index is 11.8. The highest BCUT2D eigenvalue weighted by Gasteiger charge is 2.29. The van der Waals surface area contributed by atoms with Gasteiger partial charge in [-0.15, -0.1) is 0 Å². The largest absolute Gasteiger partial charge is 0.295 e. The third kappa shape index (κ3) is 3.10. The summed E-state index contributed by atoms with van der Waals surface area (Å²) in [5, 5.41) is 1.13. The molecule has 0 amide bonds. The summed E-state index contributed by atoms with van der Waals surface area (Å²) in [6.07, 6.45) is 3.05. The van der Waals surface area contributed by atoms with Crippen molar-refractivity contribution in [3.05, 3.63) is 52.0 Å². The van der Waals surface area contributed by atoms with Gasteiger partial charge in [-0.05, 0) is 41.2 Å². The maximum atomic E-state index is 11.8. The highest BCUT2D eigenvalue weighted by atomic mass is 35.5. The van der Waals surface area contributed by atoms with Crippen LogP contribution in [-0.2, 0) is 4.79 Å². The molecule has 0 saturated heterocycles. The molecule has 1 aromatic carbocycles. The second-order valence-corrected chi connectivity index (χ2v) is 6.54. The molecule has 0 aromatic heterocycles. The lowest BCUT2D eigenvalue weighted by Gasteiger charge is -2.30. The lowest BCUT2D eigenvalue weighted by molar-refractivity contribution is -0.116. The Bertz CT molecular complexity index is 562. The predicted molar refractivity (Wildman–Crippen MR) is 81.6 cm³/mol. The maximum Gasteiger partial charge on any atom is 0.156 e. The average molecular weight is 295 g/mol. The number of hydrogen-bond acceptors (Lipinski definition) is 1. The molecular formula is C16H16Cl2O. The van der Waals surface area contributed by atoms with Crippen molar-refractivity contribution in [3.63, 3.8) is 0 Å². The number of carbonyl (C=O) groups excluding carboxylic acids is 1. The number of carbonyl (C=O) groups is 1. The van der Waals surface area contributed by atoms with Gasteiger partial charge in [-0.25, -0.2) is 0 Å². The standard InChI is InChI=1S/C16H16Cl2O/c1-10(15-13(17)5-4-6-14(15)18)11-7-12(19)9-16(2,3)8-11/h4-7H,1,8-9H2,2-3H3. The van der Waals surface area contributed by atoms with E-state index < -0.39 is 0 Å². The zero-order valence-corrected chi connectivity index (χ0v) is 12.6. The van der Waals surface area contributed by atoms with Gasteiger partial charge < -0.3 is 0 Å². The lowest BCUT2D eigenvalue weighted by Crippen LogP contribution is -2.22. The Hall–Kier alpha value is -1.05. The van der Waals surface area contributed by atoms with Crippen LogP contribution >= 0.6 is 23.2 Å². The van der Waals surface area contributed by atoms with Crippen molar-refractivity contribution in [3.8, 4) is 0 Å². The Morgan fingerprint density at radius 2 is 1.79 bits per heavy atom. The van der Waals surface area contributed by atoms with Crippen LogP contribution in [0.3, 0.4) is 0 Å². The van der Waals surface area contributed by atoms with Gasteiger partial charge in [-0.3, -0.25) is 4.79 Å². The first-order valence-corrected chi connectivity index (χ1v) is 6.93. The summed E-state index contributed by atoms with van der Waals surface area (Å²) in [6.45, 7) is 8.25. The SMILES string of the molecule is C=C(C1=CC(=O)CC(C)(C)C1)c1c(Cl)cccc1Cl. The molecular weight excluding hydrogens is 279 g/mol. The van der Waals surface area contributed by atoms with Gasteiger partial charge in [0.25, 0.3) is 0 Å². The molecule has 0 unspecified atom stereocenters. The van der Waals surface area contributed by atoms with E-state index in [0.717, 1.165) is 23.1 Å². The van der Waals surface area contributed by atoms with Crippen LogP contribution in [0.5, 0.6) is 0 Å². The van der Waals surface area contributed by atoms with Gasteiger partial charge in [0.1, 0.15) is 0 Å². The normalized spacial score (nSPS) is 18.1. The Balaban J connectivity index is 2.43. The zero-order valence-electron chi connectivity index (χ0n) is 11.1. The van der Waals surface area contributed by atoms with E-state index in [1.54, 1.807) is 24.3 Å². The minimum Gasteiger partial charge on any atom is -0.295 e. The summed E-state index contributed by atoms with van der Waals surface area (Å²) in [6, 6.07) is 5.36. The van der Waals surface area contributed by atoms with Crippen molar-refractivity contribution in [2.45, 2.75) is 26.7 Å². The first-order chi connectivity index (χ1) is 8.80. The average Bonchev–Trinajstić information content (AvgIpc) is 2.25. The van der Waals surface area contributed by atoms with Crippen molar-refractivity contribution in [2.75, 3.05) is 0 Å². The number of hydrogen-bond donors (Lipinski definition) is 0. The molecule has 1 aromatic rings. The van der Waals surface area contributed by atoms with Crippen LogP contribution in [0.2, 0.25) is 10.0 Å². The third-order valence-corrected chi connectivity index (χ3v) is 3.94. The van der Waals surface area contributed by atoms with Crippen LogP contribution in [0.4, 0.5) is 0 Å². The van der Waals surface area contributed by atoms with Crippen LogP contribution < -0.4 is 0 Å². The van der Waals surface area contributed by atoms with Gasteiger partial charge in [0.15, 0.2) is 5.78 Å². The van der Waals surface area contributed by atoms with Crippen LogP contribution in [0.25, 0.3) is 5.57 Å². The molecule has 1 nitrogen and oxygen atoms in total. The van der Waals surface area contributed by atoms with E-state index in [1.165, 1.54) is 0 Å². The molecule has 0 spiro atoms.